The molecule has 0 spiro atoms. The van der Waals surface area contributed by atoms with Crippen molar-refractivity contribution in [2.45, 2.75) is 27.0 Å². The summed E-state index contributed by atoms with van der Waals surface area (Å²) in [6.07, 6.45) is 0. The summed E-state index contributed by atoms with van der Waals surface area (Å²) in [6, 6.07) is 0. The van der Waals surface area contributed by atoms with Crippen LogP contribution in [0.25, 0.3) is 0 Å². The molecular weight excluding hydrogens is 144 g/mol. The fraction of sp³-hybridized carbons (Fsp3) is 0.833. The number of aliphatic hydroxyl groups is 1. The van der Waals surface area contributed by atoms with Crippen LogP contribution in [0.1, 0.15) is 19.7 Å². The maximum atomic E-state index is 8.76. The van der Waals surface area contributed by atoms with Crippen molar-refractivity contribution in [3.05, 3.63) is 5.82 Å². The highest BCUT2D eigenvalue weighted by Gasteiger charge is 2.04. The van der Waals surface area contributed by atoms with Crippen LogP contribution in [-0.2, 0) is 13.2 Å². The third-order valence-corrected chi connectivity index (χ3v) is 1.29. The van der Waals surface area contributed by atoms with E-state index < -0.39 is 0 Å². The number of rotatable bonds is 3. The van der Waals surface area contributed by atoms with Crippen LogP contribution >= 0.6 is 0 Å². The lowest BCUT2D eigenvalue weighted by Crippen LogP contribution is -2.10. The van der Waals surface area contributed by atoms with Crippen molar-refractivity contribution in [3.63, 3.8) is 0 Å². The van der Waals surface area contributed by atoms with E-state index in [-0.39, 0.29) is 6.61 Å². The van der Waals surface area contributed by atoms with Crippen LogP contribution < -0.4 is 0 Å². The zero-order chi connectivity index (χ0) is 8.27. The van der Waals surface area contributed by atoms with Crippen LogP contribution in [0.3, 0.4) is 0 Å². The first-order valence-corrected chi connectivity index (χ1v) is 3.60. The molecular formula is C6H12N4O. The molecule has 0 radical (unpaired) electrons. The summed E-state index contributed by atoms with van der Waals surface area (Å²) >= 11 is 0. The lowest BCUT2D eigenvalue weighted by molar-refractivity contribution is 0.259. The molecule has 1 N–H and O–H groups in total. The smallest absolute Gasteiger partial charge is 0.176 e. The van der Waals surface area contributed by atoms with Gasteiger partial charge in [-0.3, -0.25) is 0 Å². The van der Waals surface area contributed by atoms with Gasteiger partial charge in [-0.05, 0) is 16.3 Å². The highest BCUT2D eigenvalue weighted by Crippen LogP contribution is 1.98. The summed E-state index contributed by atoms with van der Waals surface area (Å²) in [5, 5.41) is 19.6. The Morgan fingerprint density at radius 3 is 2.82 bits per heavy atom. The van der Waals surface area contributed by atoms with E-state index in [2.05, 4.69) is 29.4 Å². The molecule has 1 heterocycles. The molecule has 62 valence electrons. The minimum absolute atomic E-state index is 0.0975. The minimum atomic E-state index is -0.0975. The predicted octanol–water partition coefficient (Wildman–Crippen LogP) is -0.179. The van der Waals surface area contributed by atoms with E-state index in [9.17, 15) is 0 Å². The van der Waals surface area contributed by atoms with Gasteiger partial charge < -0.3 is 5.11 Å². The number of tetrazole rings is 1. The Morgan fingerprint density at radius 2 is 2.27 bits per heavy atom. The van der Waals surface area contributed by atoms with E-state index >= 15 is 0 Å². The standard InChI is InChI=1S/C6H12N4O/c1-5(2)3-10-6(4-11)7-8-9-10/h5,11H,3-4H2,1-2H3. The molecule has 0 saturated heterocycles. The third-order valence-electron chi connectivity index (χ3n) is 1.29. The monoisotopic (exact) mass is 156 g/mol. The van der Waals surface area contributed by atoms with E-state index in [1.54, 1.807) is 4.68 Å². The highest BCUT2D eigenvalue weighted by atomic mass is 16.3. The predicted molar refractivity (Wildman–Crippen MR) is 38.6 cm³/mol. The molecule has 0 fully saturated rings. The molecule has 0 aliphatic rings. The Kier molecular flexibility index (Phi) is 2.53. The molecule has 1 aromatic heterocycles. The molecule has 0 aromatic carbocycles. The van der Waals surface area contributed by atoms with E-state index in [0.29, 0.717) is 11.7 Å². The summed E-state index contributed by atoms with van der Waals surface area (Å²) in [5.41, 5.74) is 0. The van der Waals surface area contributed by atoms with Crippen molar-refractivity contribution in [1.82, 2.24) is 20.2 Å². The molecule has 1 rings (SSSR count). The van der Waals surface area contributed by atoms with Crippen LogP contribution in [0.15, 0.2) is 0 Å². The quantitative estimate of drug-likeness (QED) is 0.659. The molecule has 0 unspecified atom stereocenters. The number of hydrogen-bond acceptors (Lipinski definition) is 4. The number of aromatic nitrogens is 4. The van der Waals surface area contributed by atoms with Gasteiger partial charge in [0.15, 0.2) is 5.82 Å². The van der Waals surface area contributed by atoms with Gasteiger partial charge in [-0.25, -0.2) is 4.68 Å². The third kappa shape index (κ3) is 1.98. The van der Waals surface area contributed by atoms with Gasteiger partial charge in [0.25, 0.3) is 0 Å². The van der Waals surface area contributed by atoms with Crippen molar-refractivity contribution in [1.29, 1.82) is 0 Å². The van der Waals surface area contributed by atoms with Gasteiger partial charge in [0, 0.05) is 6.54 Å². The van der Waals surface area contributed by atoms with Gasteiger partial charge in [0.1, 0.15) is 6.61 Å². The van der Waals surface area contributed by atoms with Crippen molar-refractivity contribution in [2.75, 3.05) is 0 Å². The second kappa shape index (κ2) is 3.43. The average molecular weight is 156 g/mol. The molecule has 0 aliphatic heterocycles. The maximum absolute atomic E-state index is 8.76. The molecule has 0 amide bonds. The molecule has 0 bridgehead atoms. The Morgan fingerprint density at radius 1 is 1.55 bits per heavy atom. The lowest BCUT2D eigenvalue weighted by Gasteiger charge is -2.04. The number of hydrogen-bond donors (Lipinski definition) is 1. The minimum Gasteiger partial charge on any atom is -0.388 e. The Hall–Kier alpha value is -0.970. The molecule has 11 heavy (non-hydrogen) atoms. The Labute approximate surface area is 65.0 Å². The van der Waals surface area contributed by atoms with E-state index in [4.69, 9.17) is 5.11 Å². The van der Waals surface area contributed by atoms with E-state index in [1.165, 1.54) is 0 Å². The van der Waals surface area contributed by atoms with Gasteiger partial charge >= 0.3 is 0 Å². The number of nitrogens with zero attached hydrogens (tertiary/aromatic N) is 4. The first-order chi connectivity index (χ1) is 5.24. The van der Waals surface area contributed by atoms with Crippen LogP contribution in [-0.4, -0.2) is 25.3 Å². The van der Waals surface area contributed by atoms with Gasteiger partial charge in [-0.2, -0.15) is 0 Å². The molecule has 0 saturated carbocycles. The first kappa shape index (κ1) is 8.13. The van der Waals surface area contributed by atoms with Crippen molar-refractivity contribution in [2.24, 2.45) is 5.92 Å². The normalized spacial score (nSPS) is 10.9. The topological polar surface area (TPSA) is 63.8 Å². The molecule has 0 atom stereocenters. The molecule has 0 aliphatic carbocycles. The summed E-state index contributed by atoms with van der Waals surface area (Å²) in [5.74, 6) is 1.02. The molecule has 5 heteroatoms. The van der Waals surface area contributed by atoms with Gasteiger partial charge in [0.2, 0.25) is 0 Å². The second-order valence-corrected chi connectivity index (χ2v) is 2.83. The fourth-order valence-corrected chi connectivity index (χ4v) is 0.824. The van der Waals surface area contributed by atoms with Gasteiger partial charge in [-0.1, -0.05) is 13.8 Å². The van der Waals surface area contributed by atoms with Crippen molar-refractivity contribution >= 4 is 0 Å². The second-order valence-electron chi connectivity index (χ2n) is 2.83. The summed E-state index contributed by atoms with van der Waals surface area (Å²) < 4.78 is 1.62. The van der Waals surface area contributed by atoms with Crippen molar-refractivity contribution < 1.29 is 5.11 Å². The Bertz CT molecular complexity index is 220. The van der Waals surface area contributed by atoms with Crippen LogP contribution in [0.2, 0.25) is 0 Å². The SMILES string of the molecule is CC(C)Cn1nnnc1CO. The molecule has 5 nitrogen and oxygen atoms in total. The lowest BCUT2D eigenvalue weighted by atomic mass is 10.2. The van der Waals surface area contributed by atoms with E-state index in [0.717, 1.165) is 6.54 Å². The number of aliphatic hydroxyl groups excluding tert-OH is 1. The zero-order valence-corrected chi connectivity index (χ0v) is 6.73. The summed E-state index contributed by atoms with van der Waals surface area (Å²) in [7, 11) is 0. The summed E-state index contributed by atoms with van der Waals surface area (Å²) in [6.45, 7) is 4.80. The average Bonchev–Trinajstić information content (AvgIpc) is 2.34. The van der Waals surface area contributed by atoms with Crippen LogP contribution in [0.4, 0.5) is 0 Å². The first-order valence-electron chi connectivity index (χ1n) is 3.60. The Balaban J connectivity index is 2.68. The zero-order valence-electron chi connectivity index (χ0n) is 6.73. The molecule has 1 aromatic rings. The van der Waals surface area contributed by atoms with Gasteiger partial charge in [-0.15, -0.1) is 5.10 Å². The summed E-state index contributed by atoms with van der Waals surface area (Å²) in [4.78, 5) is 0. The van der Waals surface area contributed by atoms with E-state index in [1.807, 2.05) is 0 Å². The van der Waals surface area contributed by atoms with Crippen LogP contribution in [0.5, 0.6) is 0 Å². The van der Waals surface area contributed by atoms with Crippen LogP contribution in [0, 0.1) is 5.92 Å². The largest absolute Gasteiger partial charge is 0.388 e. The van der Waals surface area contributed by atoms with Crippen molar-refractivity contribution in [3.8, 4) is 0 Å². The van der Waals surface area contributed by atoms with Gasteiger partial charge in [0.05, 0.1) is 0 Å². The maximum Gasteiger partial charge on any atom is 0.176 e. The fourth-order valence-electron chi connectivity index (χ4n) is 0.824. The highest BCUT2D eigenvalue weighted by molar-refractivity contribution is 4.75.